The van der Waals surface area contributed by atoms with E-state index in [-0.39, 0.29) is 18.7 Å². The van der Waals surface area contributed by atoms with Crippen LogP contribution in [0.4, 0.5) is 0 Å². The molecule has 4 heteroatoms. The van der Waals surface area contributed by atoms with Crippen molar-refractivity contribution < 1.29 is 14.6 Å². The van der Waals surface area contributed by atoms with Gasteiger partial charge in [0.2, 0.25) is 0 Å². The molecule has 4 nitrogen and oxygen atoms in total. The van der Waals surface area contributed by atoms with Gasteiger partial charge in [0.25, 0.3) is 0 Å². The maximum Gasteiger partial charge on any atom is 0.124 e. The fourth-order valence-electron chi connectivity index (χ4n) is 2.14. The number of hydrogen-bond acceptors (Lipinski definition) is 4. The molecule has 1 aromatic carbocycles. The Hall–Kier alpha value is -1.10. The van der Waals surface area contributed by atoms with Crippen LogP contribution in [0.25, 0.3) is 0 Å². The van der Waals surface area contributed by atoms with E-state index in [2.05, 4.69) is 18.3 Å². The van der Waals surface area contributed by atoms with Crippen LogP contribution in [-0.2, 0) is 4.74 Å². The van der Waals surface area contributed by atoms with Crippen LogP contribution in [0.1, 0.15) is 31.9 Å². The maximum atomic E-state index is 9.07. The molecule has 0 aromatic heterocycles. The second-order valence-electron chi connectivity index (χ2n) is 4.52. The zero-order chi connectivity index (χ0) is 14.1. The second kappa shape index (κ2) is 8.91. The number of methoxy groups -OCH3 is 1. The first-order valence-electron chi connectivity index (χ1n) is 6.80. The number of aliphatic hydroxyl groups is 1. The lowest BCUT2D eigenvalue weighted by Gasteiger charge is -2.24. The van der Waals surface area contributed by atoms with Gasteiger partial charge in [0.15, 0.2) is 0 Å². The molecule has 19 heavy (non-hydrogen) atoms. The lowest BCUT2D eigenvalue weighted by atomic mass is 10.1. The third kappa shape index (κ3) is 5.19. The molecule has 0 spiro atoms. The van der Waals surface area contributed by atoms with Gasteiger partial charge in [0, 0.05) is 31.4 Å². The van der Waals surface area contributed by atoms with Crippen LogP contribution in [0.2, 0.25) is 0 Å². The molecule has 0 saturated carbocycles. The van der Waals surface area contributed by atoms with E-state index in [1.807, 2.05) is 25.1 Å². The maximum absolute atomic E-state index is 9.07. The molecule has 0 radical (unpaired) electrons. The lowest BCUT2D eigenvalue weighted by molar-refractivity contribution is 0.143. The Bertz CT molecular complexity index is 351. The topological polar surface area (TPSA) is 50.7 Å². The highest BCUT2D eigenvalue weighted by Gasteiger charge is 2.15. The van der Waals surface area contributed by atoms with Gasteiger partial charge in [-0.05, 0) is 26.3 Å². The average molecular weight is 267 g/mol. The molecule has 0 aliphatic carbocycles. The second-order valence-corrected chi connectivity index (χ2v) is 4.52. The zero-order valence-corrected chi connectivity index (χ0v) is 12.1. The van der Waals surface area contributed by atoms with Crippen molar-refractivity contribution >= 4 is 0 Å². The molecule has 1 aromatic rings. The summed E-state index contributed by atoms with van der Waals surface area (Å²) in [5, 5.41) is 12.5. The summed E-state index contributed by atoms with van der Waals surface area (Å²) in [6.45, 7) is 5.47. The van der Waals surface area contributed by atoms with Crippen molar-refractivity contribution in [1.29, 1.82) is 0 Å². The van der Waals surface area contributed by atoms with E-state index < -0.39 is 0 Å². The molecular formula is C15H25NO3. The van der Waals surface area contributed by atoms with Crippen molar-refractivity contribution in [3.8, 4) is 5.75 Å². The largest absolute Gasteiger partial charge is 0.494 e. The number of aliphatic hydroxyl groups excluding tert-OH is 1. The summed E-state index contributed by atoms with van der Waals surface area (Å²) in [5.74, 6) is 0.908. The van der Waals surface area contributed by atoms with Gasteiger partial charge in [0.05, 0.1) is 13.2 Å². The predicted molar refractivity (Wildman–Crippen MR) is 76.5 cm³/mol. The van der Waals surface area contributed by atoms with Crippen LogP contribution >= 0.6 is 0 Å². The molecule has 0 aliphatic heterocycles. The van der Waals surface area contributed by atoms with Crippen LogP contribution in [-0.4, -0.2) is 38.1 Å². The van der Waals surface area contributed by atoms with Crippen molar-refractivity contribution in [1.82, 2.24) is 5.32 Å². The quantitative estimate of drug-likeness (QED) is 0.719. The van der Waals surface area contributed by atoms with Gasteiger partial charge < -0.3 is 19.9 Å². The van der Waals surface area contributed by atoms with Gasteiger partial charge in [-0.2, -0.15) is 0 Å². The molecule has 2 atom stereocenters. The van der Waals surface area contributed by atoms with E-state index in [0.29, 0.717) is 19.6 Å². The van der Waals surface area contributed by atoms with Crippen LogP contribution in [0.5, 0.6) is 5.75 Å². The Morgan fingerprint density at radius 1 is 1.32 bits per heavy atom. The van der Waals surface area contributed by atoms with E-state index >= 15 is 0 Å². The van der Waals surface area contributed by atoms with E-state index in [1.54, 1.807) is 7.11 Å². The highest BCUT2D eigenvalue weighted by molar-refractivity contribution is 5.35. The van der Waals surface area contributed by atoms with E-state index in [9.17, 15) is 0 Å². The van der Waals surface area contributed by atoms with Gasteiger partial charge in [-0.25, -0.2) is 0 Å². The number of nitrogens with one attached hydrogen (secondary N) is 1. The van der Waals surface area contributed by atoms with Crippen molar-refractivity contribution in [2.45, 2.75) is 32.4 Å². The molecular weight excluding hydrogens is 242 g/mol. The van der Waals surface area contributed by atoms with Crippen molar-refractivity contribution in [2.75, 3.05) is 26.9 Å². The number of ether oxygens (including phenoxy) is 2. The highest BCUT2D eigenvalue weighted by Crippen LogP contribution is 2.25. The van der Waals surface area contributed by atoms with Gasteiger partial charge >= 0.3 is 0 Å². The molecule has 1 rings (SSSR count). The average Bonchev–Trinajstić information content (AvgIpc) is 2.40. The zero-order valence-electron chi connectivity index (χ0n) is 12.1. The van der Waals surface area contributed by atoms with Crippen molar-refractivity contribution in [3.05, 3.63) is 29.8 Å². The summed E-state index contributed by atoms with van der Waals surface area (Å²) in [6, 6.07) is 8.31. The van der Waals surface area contributed by atoms with Crippen molar-refractivity contribution in [2.24, 2.45) is 0 Å². The molecule has 2 unspecified atom stereocenters. The summed E-state index contributed by atoms with van der Waals surface area (Å²) >= 11 is 0. The van der Waals surface area contributed by atoms with Gasteiger partial charge in [0.1, 0.15) is 5.75 Å². The highest BCUT2D eigenvalue weighted by atomic mass is 16.5. The van der Waals surface area contributed by atoms with Crippen LogP contribution in [0.15, 0.2) is 24.3 Å². The van der Waals surface area contributed by atoms with E-state index in [1.165, 1.54) is 0 Å². The lowest BCUT2D eigenvalue weighted by Crippen LogP contribution is -2.36. The number of para-hydroxylation sites is 1. The Balaban J connectivity index is 2.72. The first-order valence-corrected chi connectivity index (χ1v) is 6.80. The van der Waals surface area contributed by atoms with E-state index in [0.717, 1.165) is 11.3 Å². The Labute approximate surface area is 115 Å². The summed E-state index contributed by atoms with van der Waals surface area (Å²) in [6.07, 6.45) is 0.676. The number of rotatable bonds is 9. The minimum absolute atomic E-state index is 0.139. The number of hydrogen-bond donors (Lipinski definition) is 2. The normalized spacial score (nSPS) is 14.1. The predicted octanol–water partition coefficient (Wildman–Crippen LogP) is 2.13. The first-order chi connectivity index (χ1) is 9.22. The third-order valence-electron chi connectivity index (χ3n) is 3.02. The molecule has 0 fully saturated rings. The third-order valence-corrected chi connectivity index (χ3v) is 3.02. The Morgan fingerprint density at radius 2 is 2.05 bits per heavy atom. The first kappa shape index (κ1) is 16.0. The van der Waals surface area contributed by atoms with Crippen molar-refractivity contribution in [3.63, 3.8) is 0 Å². The summed E-state index contributed by atoms with van der Waals surface area (Å²) in [5.41, 5.74) is 1.13. The molecule has 0 bridgehead atoms. The molecule has 2 N–H and O–H groups in total. The smallest absolute Gasteiger partial charge is 0.124 e. The minimum Gasteiger partial charge on any atom is -0.494 e. The SMILES string of the molecule is CCOc1ccccc1C(C)NC(CCO)COC. The monoisotopic (exact) mass is 267 g/mol. The molecule has 0 aliphatic rings. The molecule has 108 valence electrons. The fourth-order valence-corrected chi connectivity index (χ4v) is 2.14. The minimum atomic E-state index is 0.139. The van der Waals surface area contributed by atoms with Gasteiger partial charge in [-0.3, -0.25) is 0 Å². The summed E-state index contributed by atoms with van der Waals surface area (Å²) < 4.78 is 10.8. The summed E-state index contributed by atoms with van der Waals surface area (Å²) in [7, 11) is 1.67. The van der Waals surface area contributed by atoms with Gasteiger partial charge in [-0.1, -0.05) is 18.2 Å². The molecule has 0 heterocycles. The Kier molecular flexibility index (Phi) is 7.48. The van der Waals surface area contributed by atoms with E-state index in [4.69, 9.17) is 14.6 Å². The van der Waals surface area contributed by atoms with Gasteiger partial charge in [-0.15, -0.1) is 0 Å². The standard InChI is InChI=1S/C15H25NO3/c1-4-19-15-8-6-5-7-14(15)12(2)16-13(9-10-17)11-18-3/h5-8,12-13,16-17H,4,9-11H2,1-3H3. The van der Waals surface area contributed by atoms with Crippen LogP contribution in [0.3, 0.4) is 0 Å². The fraction of sp³-hybridized carbons (Fsp3) is 0.600. The number of benzene rings is 1. The molecule has 0 saturated heterocycles. The molecule has 0 amide bonds. The summed E-state index contributed by atoms with van der Waals surface area (Å²) in [4.78, 5) is 0. The Morgan fingerprint density at radius 3 is 2.68 bits per heavy atom. The van der Waals surface area contributed by atoms with Crippen LogP contribution in [0, 0.1) is 0 Å². The van der Waals surface area contributed by atoms with Crippen LogP contribution < -0.4 is 10.1 Å².